The summed E-state index contributed by atoms with van der Waals surface area (Å²) in [5.41, 5.74) is 0.0816. The third kappa shape index (κ3) is 3.55. The molecule has 1 unspecified atom stereocenters. The average molecular weight is 173 g/mol. The Hall–Kier alpha value is -0.0800. The van der Waals surface area contributed by atoms with Crippen molar-refractivity contribution in [3.63, 3.8) is 0 Å². The quantitative estimate of drug-likeness (QED) is 0.637. The van der Waals surface area contributed by atoms with E-state index in [1.54, 1.807) is 0 Å². The molecule has 0 aromatic rings. The highest BCUT2D eigenvalue weighted by atomic mass is 16.5. The number of hydrogen-bond acceptors (Lipinski definition) is 2. The molecule has 74 valence electrons. The zero-order valence-electron chi connectivity index (χ0n) is 8.94. The maximum Gasteiger partial charge on any atom is 0.0803 e. The lowest BCUT2D eigenvalue weighted by molar-refractivity contribution is -0.0463. The van der Waals surface area contributed by atoms with E-state index in [4.69, 9.17) is 4.74 Å². The molecule has 0 aliphatic heterocycles. The van der Waals surface area contributed by atoms with Gasteiger partial charge >= 0.3 is 0 Å². The topological polar surface area (TPSA) is 21.3 Å². The molecule has 0 aromatic heterocycles. The summed E-state index contributed by atoms with van der Waals surface area (Å²) < 4.78 is 5.80. The molecule has 0 rings (SSSR count). The van der Waals surface area contributed by atoms with Gasteiger partial charge in [0, 0.05) is 13.2 Å². The van der Waals surface area contributed by atoms with E-state index in [0.29, 0.717) is 0 Å². The fourth-order valence-corrected chi connectivity index (χ4v) is 1.70. The molecule has 0 amide bonds. The third-order valence-electron chi connectivity index (χ3n) is 2.30. The maximum atomic E-state index is 5.80. The van der Waals surface area contributed by atoms with Crippen molar-refractivity contribution in [2.24, 2.45) is 0 Å². The molecule has 0 heterocycles. The first-order chi connectivity index (χ1) is 5.74. The van der Waals surface area contributed by atoms with Crippen LogP contribution in [-0.2, 0) is 4.74 Å². The number of ether oxygens (including phenoxy) is 1. The molecule has 0 saturated carbocycles. The summed E-state index contributed by atoms with van der Waals surface area (Å²) in [5, 5.41) is 3.20. The Labute approximate surface area is 76.7 Å². The first-order valence-electron chi connectivity index (χ1n) is 5.03. The highest BCUT2D eigenvalue weighted by Gasteiger charge is 2.26. The summed E-state index contributed by atoms with van der Waals surface area (Å²) in [5.74, 6) is 0. The largest absolute Gasteiger partial charge is 0.374 e. The zero-order chi connectivity index (χ0) is 9.45. The lowest BCUT2D eigenvalue weighted by Crippen LogP contribution is -2.41. The first kappa shape index (κ1) is 11.9. The van der Waals surface area contributed by atoms with Crippen LogP contribution in [0, 0.1) is 0 Å². The minimum Gasteiger partial charge on any atom is -0.374 e. The molecule has 0 aliphatic carbocycles. The fraction of sp³-hybridized carbons (Fsp3) is 1.00. The van der Waals surface area contributed by atoms with Gasteiger partial charge in [-0.25, -0.2) is 0 Å². The van der Waals surface area contributed by atoms with Crippen molar-refractivity contribution in [3.8, 4) is 0 Å². The van der Waals surface area contributed by atoms with Gasteiger partial charge in [-0.3, -0.25) is 0 Å². The van der Waals surface area contributed by atoms with E-state index in [0.717, 1.165) is 26.0 Å². The van der Waals surface area contributed by atoms with Gasteiger partial charge in [-0.15, -0.1) is 0 Å². The molecule has 0 bridgehead atoms. The summed E-state index contributed by atoms with van der Waals surface area (Å²) in [6, 6.07) is 0. The van der Waals surface area contributed by atoms with E-state index in [2.05, 4.69) is 26.1 Å². The monoisotopic (exact) mass is 173 g/mol. The summed E-state index contributed by atoms with van der Waals surface area (Å²) in [6.07, 6.45) is 3.43. The van der Waals surface area contributed by atoms with Crippen molar-refractivity contribution in [2.75, 3.05) is 20.2 Å². The Balaban J connectivity index is 4.06. The van der Waals surface area contributed by atoms with Crippen molar-refractivity contribution in [1.82, 2.24) is 5.32 Å². The van der Waals surface area contributed by atoms with Gasteiger partial charge in [-0.1, -0.05) is 20.3 Å². The van der Waals surface area contributed by atoms with Crippen LogP contribution >= 0.6 is 0 Å². The van der Waals surface area contributed by atoms with Crippen LogP contribution in [0.3, 0.4) is 0 Å². The van der Waals surface area contributed by atoms with E-state index in [-0.39, 0.29) is 5.60 Å². The Morgan fingerprint density at radius 1 is 1.25 bits per heavy atom. The van der Waals surface area contributed by atoms with Crippen LogP contribution < -0.4 is 5.32 Å². The molecule has 0 aromatic carbocycles. The van der Waals surface area contributed by atoms with E-state index >= 15 is 0 Å². The predicted octanol–water partition coefficient (Wildman–Crippen LogP) is 2.19. The molecule has 0 fully saturated rings. The summed E-state index contributed by atoms with van der Waals surface area (Å²) in [6.45, 7) is 8.25. The molecule has 2 nitrogen and oxygen atoms in total. The van der Waals surface area contributed by atoms with Gasteiger partial charge in [0.05, 0.1) is 5.60 Å². The Kier molecular flexibility index (Phi) is 6.39. The Morgan fingerprint density at radius 2 is 1.92 bits per heavy atom. The van der Waals surface area contributed by atoms with E-state index in [9.17, 15) is 0 Å². The average Bonchev–Trinajstić information content (AvgIpc) is 2.06. The molecule has 12 heavy (non-hydrogen) atoms. The number of nitrogens with one attached hydrogen (secondary N) is 1. The third-order valence-corrected chi connectivity index (χ3v) is 2.30. The van der Waals surface area contributed by atoms with Crippen molar-refractivity contribution in [3.05, 3.63) is 0 Å². The van der Waals surface area contributed by atoms with E-state index < -0.39 is 0 Å². The van der Waals surface area contributed by atoms with Crippen LogP contribution in [0.4, 0.5) is 0 Å². The summed E-state index contributed by atoms with van der Waals surface area (Å²) in [7, 11) is 1.99. The fourth-order valence-electron chi connectivity index (χ4n) is 1.70. The van der Waals surface area contributed by atoms with Crippen LogP contribution in [0.15, 0.2) is 0 Å². The molecule has 0 spiro atoms. The smallest absolute Gasteiger partial charge is 0.0803 e. The van der Waals surface area contributed by atoms with E-state index in [1.165, 1.54) is 6.42 Å². The van der Waals surface area contributed by atoms with Gasteiger partial charge in [0.2, 0.25) is 0 Å². The van der Waals surface area contributed by atoms with Crippen LogP contribution in [0.2, 0.25) is 0 Å². The Bertz CT molecular complexity index is 87.0. The van der Waals surface area contributed by atoms with Crippen LogP contribution in [0.25, 0.3) is 0 Å². The van der Waals surface area contributed by atoms with Crippen LogP contribution in [0.1, 0.15) is 40.0 Å². The summed E-state index contributed by atoms with van der Waals surface area (Å²) >= 11 is 0. The molecular weight excluding hydrogens is 150 g/mol. The van der Waals surface area contributed by atoms with Crippen molar-refractivity contribution < 1.29 is 4.74 Å². The molecule has 0 radical (unpaired) electrons. The Morgan fingerprint density at radius 3 is 2.25 bits per heavy atom. The lowest BCUT2D eigenvalue weighted by Gasteiger charge is -2.32. The van der Waals surface area contributed by atoms with Gasteiger partial charge in [-0.05, 0) is 26.8 Å². The highest BCUT2D eigenvalue weighted by Crippen LogP contribution is 2.21. The van der Waals surface area contributed by atoms with Crippen LogP contribution in [0.5, 0.6) is 0 Å². The second kappa shape index (κ2) is 6.44. The second-order valence-electron chi connectivity index (χ2n) is 3.25. The molecule has 1 atom stereocenters. The van der Waals surface area contributed by atoms with Gasteiger partial charge < -0.3 is 10.1 Å². The van der Waals surface area contributed by atoms with Crippen LogP contribution in [-0.4, -0.2) is 25.8 Å². The van der Waals surface area contributed by atoms with Gasteiger partial charge in [0.15, 0.2) is 0 Å². The normalized spacial score (nSPS) is 16.0. The minimum atomic E-state index is 0.0816. The molecular formula is C10H23NO. The standard InChI is InChI=1S/C10H23NO/c1-5-8-10(6-2,9-11-4)12-7-3/h11H,5-9H2,1-4H3. The zero-order valence-corrected chi connectivity index (χ0v) is 8.94. The number of rotatable bonds is 7. The molecule has 2 heteroatoms. The van der Waals surface area contributed by atoms with Crippen molar-refractivity contribution in [2.45, 2.75) is 45.6 Å². The van der Waals surface area contributed by atoms with Gasteiger partial charge in [0.25, 0.3) is 0 Å². The molecule has 1 N–H and O–H groups in total. The molecule has 0 aliphatic rings. The van der Waals surface area contributed by atoms with E-state index in [1.807, 2.05) is 7.05 Å². The summed E-state index contributed by atoms with van der Waals surface area (Å²) in [4.78, 5) is 0. The van der Waals surface area contributed by atoms with Crippen molar-refractivity contribution in [1.29, 1.82) is 0 Å². The van der Waals surface area contributed by atoms with Crippen molar-refractivity contribution >= 4 is 0 Å². The number of likely N-dealkylation sites (N-methyl/N-ethyl adjacent to an activating group) is 1. The first-order valence-corrected chi connectivity index (χ1v) is 5.03. The SMILES string of the molecule is CCCC(CC)(CNC)OCC. The highest BCUT2D eigenvalue weighted by molar-refractivity contribution is 4.80. The van der Waals surface area contributed by atoms with Gasteiger partial charge in [0.1, 0.15) is 0 Å². The number of hydrogen-bond donors (Lipinski definition) is 1. The van der Waals surface area contributed by atoms with Gasteiger partial charge in [-0.2, -0.15) is 0 Å². The maximum absolute atomic E-state index is 5.80. The second-order valence-corrected chi connectivity index (χ2v) is 3.25. The predicted molar refractivity (Wildman–Crippen MR) is 53.5 cm³/mol. The molecule has 0 saturated heterocycles. The lowest BCUT2D eigenvalue weighted by atomic mass is 9.94. The minimum absolute atomic E-state index is 0.0816.